The average molecular weight is 319 g/mol. The van der Waals surface area contributed by atoms with Crippen molar-refractivity contribution in [3.8, 4) is 5.75 Å². The zero-order valence-electron chi connectivity index (χ0n) is 14.2. The van der Waals surface area contributed by atoms with Crippen LogP contribution in [0.25, 0.3) is 6.08 Å². The zero-order valence-corrected chi connectivity index (χ0v) is 14.2. The lowest BCUT2D eigenvalue weighted by Crippen LogP contribution is -2.27. The van der Waals surface area contributed by atoms with E-state index in [-0.39, 0.29) is 24.4 Å². The molecule has 1 rings (SSSR count). The summed E-state index contributed by atoms with van der Waals surface area (Å²) in [7, 11) is 1.66. The number of hydrogen-bond donors (Lipinski definition) is 0. The first-order valence-electron chi connectivity index (χ1n) is 7.78. The second-order valence-electron chi connectivity index (χ2n) is 5.39. The Morgan fingerprint density at radius 1 is 1.30 bits per heavy atom. The first-order valence-corrected chi connectivity index (χ1v) is 7.78. The minimum atomic E-state index is -0.297. The Morgan fingerprint density at radius 2 is 2.04 bits per heavy atom. The molecule has 0 heterocycles. The van der Waals surface area contributed by atoms with Gasteiger partial charge in [0.1, 0.15) is 5.75 Å². The molecule has 0 spiro atoms. The van der Waals surface area contributed by atoms with Crippen molar-refractivity contribution in [1.82, 2.24) is 4.90 Å². The fourth-order valence-electron chi connectivity index (χ4n) is 1.86. The van der Waals surface area contributed by atoms with Gasteiger partial charge < -0.3 is 14.4 Å². The number of hydrogen-bond acceptors (Lipinski definition) is 4. The normalized spacial score (nSPS) is 10.8. The summed E-state index contributed by atoms with van der Waals surface area (Å²) in [6.07, 6.45) is 3.52. The molecule has 0 saturated carbocycles. The van der Waals surface area contributed by atoms with Crippen molar-refractivity contribution in [1.29, 1.82) is 0 Å². The lowest BCUT2D eigenvalue weighted by atomic mass is 10.2. The van der Waals surface area contributed by atoms with E-state index in [0.717, 1.165) is 11.3 Å². The van der Waals surface area contributed by atoms with Crippen LogP contribution >= 0.6 is 0 Å². The molecule has 0 aliphatic rings. The highest BCUT2D eigenvalue weighted by Crippen LogP contribution is 2.16. The van der Waals surface area contributed by atoms with Crippen LogP contribution in [0.1, 0.15) is 32.8 Å². The number of amides is 1. The van der Waals surface area contributed by atoms with Crippen LogP contribution in [-0.4, -0.2) is 43.1 Å². The fourth-order valence-corrected chi connectivity index (χ4v) is 1.86. The van der Waals surface area contributed by atoms with Crippen molar-refractivity contribution in [2.24, 2.45) is 0 Å². The Labute approximate surface area is 137 Å². The van der Waals surface area contributed by atoms with Crippen molar-refractivity contribution >= 4 is 18.0 Å². The lowest BCUT2D eigenvalue weighted by Gasteiger charge is -2.14. The molecule has 0 saturated heterocycles. The minimum Gasteiger partial charge on any atom is -0.491 e. The predicted octanol–water partition coefficient (Wildman–Crippen LogP) is 2.90. The van der Waals surface area contributed by atoms with Gasteiger partial charge in [-0.05, 0) is 44.5 Å². The highest BCUT2D eigenvalue weighted by molar-refractivity contribution is 5.91. The van der Waals surface area contributed by atoms with Gasteiger partial charge in [0.25, 0.3) is 0 Å². The Balaban J connectivity index is 2.55. The van der Waals surface area contributed by atoms with Crippen molar-refractivity contribution in [3.05, 3.63) is 35.9 Å². The molecule has 0 bridgehead atoms. The molecular formula is C18H25NO4. The molecule has 23 heavy (non-hydrogen) atoms. The maximum atomic E-state index is 12.0. The van der Waals surface area contributed by atoms with E-state index in [0.29, 0.717) is 13.2 Å². The van der Waals surface area contributed by atoms with Crippen LogP contribution in [0.15, 0.2) is 30.3 Å². The van der Waals surface area contributed by atoms with E-state index >= 15 is 0 Å². The van der Waals surface area contributed by atoms with Crippen LogP contribution in [-0.2, 0) is 14.3 Å². The van der Waals surface area contributed by atoms with E-state index in [4.69, 9.17) is 9.47 Å². The van der Waals surface area contributed by atoms with Gasteiger partial charge in [0.2, 0.25) is 5.91 Å². The van der Waals surface area contributed by atoms with Crippen molar-refractivity contribution in [2.45, 2.75) is 33.3 Å². The number of esters is 1. The Morgan fingerprint density at radius 3 is 2.70 bits per heavy atom. The maximum absolute atomic E-state index is 12.0. The molecule has 0 radical (unpaired) electrons. The van der Waals surface area contributed by atoms with E-state index in [1.54, 1.807) is 20.0 Å². The van der Waals surface area contributed by atoms with Crippen molar-refractivity contribution in [3.63, 3.8) is 0 Å². The number of carbonyl (C=O) groups excluding carboxylic acids is 2. The molecule has 1 amide bonds. The number of likely N-dealkylation sites (N-methyl/N-ethyl adjacent to an activating group) is 1. The zero-order chi connectivity index (χ0) is 17.2. The van der Waals surface area contributed by atoms with Crippen LogP contribution in [0, 0.1) is 0 Å². The average Bonchev–Trinajstić information content (AvgIpc) is 2.50. The highest BCUT2D eigenvalue weighted by Gasteiger charge is 2.08. The molecule has 5 heteroatoms. The standard InChI is InChI=1S/C18H25NO4/c1-5-22-18(21)11-12-19(4)17(20)10-9-15-7-6-8-16(13-15)23-14(2)3/h6-10,13-14H,5,11-12H2,1-4H3/b10-9+. The van der Waals surface area contributed by atoms with Crippen LogP contribution in [0.2, 0.25) is 0 Å². The van der Waals surface area contributed by atoms with Crippen LogP contribution in [0.4, 0.5) is 0 Å². The summed E-state index contributed by atoms with van der Waals surface area (Å²) in [5, 5.41) is 0. The summed E-state index contributed by atoms with van der Waals surface area (Å²) < 4.78 is 10.5. The topological polar surface area (TPSA) is 55.8 Å². The van der Waals surface area contributed by atoms with Crippen LogP contribution in [0.5, 0.6) is 5.75 Å². The number of nitrogens with zero attached hydrogens (tertiary/aromatic N) is 1. The smallest absolute Gasteiger partial charge is 0.307 e. The summed E-state index contributed by atoms with van der Waals surface area (Å²) >= 11 is 0. The Kier molecular flexibility index (Phi) is 7.88. The van der Waals surface area contributed by atoms with Gasteiger partial charge in [-0.25, -0.2) is 0 Å². The first kappa shape index (κ1) is 18.7. The van der Waals surface area contributed by atoms with Gasteiger partial charge in [-0.2, -0.15) is 0 Å². The Bertz CT molecular complexity index is 552. The molecule has 0 aliphatic heterocycles. The summed E-state index contributed by atoms with van der Waals surface area (Å²) in [6.45, 7) is 6.37. The largest absolute Gasteiger partial charge is 0.491 e. The molecule has 0 aliphatic carbocycles. The Hall–Kier alpha value is -2.30. The summed E-state index contributed by atoms with van der Waals surface area (Å²) in [4.78, 5) is 24.8. The minimum absolute atomic E-state index is 0.102. The van der Waals surface area contributed by atoms with Gasteiger partial charge in [0.05, 0.1) is 19.1 Å². The number of ether oxygens (including phenoxy) is 2. The molecule has 0 atom stereocenters. The summed E-state index contributed by atoms with van der Waals surface area (Å²) in [5.41, 5.74) is 0.885. The quantitative estimate of drug-likeness (QED) is 0.546. The van der Waals surface area contributed by atoms with E-state index in [9.17, 15) is 9.59 Å². The van der Waals surface area contributed by atoms with Gasteiger partial charge in [-0.3, -0.25) is 9.59 Å². The molecule has 0 unspecified atom stereocenters. The molecule has 0 aromatic heterocycles. The predicted molar refractivity (Wildman–Crippen MR) is 90.1 cm³/mol. The third kappa shape index (κ3) is 7.49. The van der Waals surface area contributed by atoms with E-state index < -0.39 is 0 Å². The SMILES string of the molecule is CCOC(=O)CCN(C)C(=O)/C=C/c1cccc(OC(C)C)c1. The highest BCUT2D eigenvalue weighted by atomic mass is 16.5. The van der Waals surface area contributed by atoms with E-state index in [1.165, 1.54) is 11.0 Å². The maximum Gasteiger partial charge on any atom is 0.307 e. The molecular weight excluding hydrogens is 294 g/mol. The first-order chi connectivity index (χ1) is 10.9. The molecule has 0 N–H and O–H groups in total. The monoisotopic (exact) mass is 319 g/mol. The number of benzene rings is 1. The van der Waals surface area contributed by atoms with Gasteiger partial charge >= 0.3 is 5.97 Å². The number of carbonyl (C=O) groups is 2. The lowest BCUT2D eigenvalue weighted by molar-refractivity contribution is -0.143. The van der Waals surface area contributed by atoms with E-state index in [1.807, 2.05) is 38.1 Å². The van der Waals surface area contributed by atoms with Gasteiger partial charge in [0.15, 0.2) is 0 Å². The number of rotatable bonds is 8. The second kappa shape index (κ2) is 9.66. The molecule has 126 valence electrons. The third-order valence-corrected chi connectivity index (χ3v) is 2.98. The van der Waals surface area contributed by atoms with Crippen LogP contribution in [0.3, 0.4) is 0 Å². The second-order valence-corrected chi connectivity index (χ2v) is 5.39. The van der Waals surface area contributed by atoms with Gasteiger partial charge in [-0.15, -0.1) is 0 Å². The summed E-state index contributed by atoms with van der Waals surface area (Å²) in [5.74, 6) is 0.310. The molecule has 5 nitrogen and oxygen atoms in total. The summed E-state index contributed by atoms with van der Waals surface area (Å²) in [6, 6.07) is 7.54. The third-order valence-electron chi connectivity index (χ3n) is 2.98. The van der Waals surface area contributed by atoms with Crippen molar-refractivity contribution < 1.29 is 19.1 Å². The fraction of sp³-hybridized carbons (Fsp3) is 0.444. The van der Waals surface area contributed by atoms with Crippen LogP contribution < -0.4 is 4.74 Å². The van der Waals surface area contributed by atoms with Crippen molar-refractivity contribution in [2.75, 3.05) is 20.2 Å². The van der Waals surface area contributed by atoms with Gasteiger partial charge in [0, 0.05) is 19.7 Å². The van der Waals surface area contributed by atoms with Gasteiger partial charge in [-0.1, -0.05) is 12.1 Å². The van der Waals surface area contributed by atoms with E-state index in [2.05, 4.69) is 0 Å². The molecule has 0 fully saturated rings. The molecule has 1 aromatic carbocycles. The molecule has 1 aromatic rings.